The Bertz CT molecular complexity index is 42.0. The van der Waals surface area contributed by atoms with Gasteiger partial charge in [-0.1, -0.05) is 34.6 Å². The van der Waals surface area contributed by atoms with E-state index in [1.54, 1.807) is 0 Å². The Balaban J connectivity index is 0. The van der Waals surface area contributed by atoms with Crippen molar-refractivity contribution >= 4 is 0 Å². The average Bonchev–Trinajstić information content (AvgIpc) is 1.92. The van der Waals surface area contributed by atoms with Gasteiger partial charge in [-0.25, -0.2) is 0 Å². The Morgan fingerprint density at radius 1 is 1.20 bits per heavy atom. The molecule has 0 fully saturated rings. The molecule has 1 nitrogen and oxygen atoms in total. The highest BCUT2D eigenvalue weighted by molar-refractivity contribution is 4.48. The third kappa shape index (κ3) is 15.7. The van der Waals surface area contributed by atoms with Gasteiger partial charge >= 0.3 is 0 Å². The summed E-state index contributed by atoms with van der Waals surface area (Å²) in [4.78, 5) is 0. The summed E-state index contributed by atoms with van der Waals surface area (Å²) in [6.07, 6.45) is 1.24. The molecular weight excluding hydrogens is 122 g/mol. The molecule has 0 unspecified atom stereocenters. The lowest BCUT2D eigenvalue weighted by atomic mass is 10.2. The van der Waals surface area contributed by atoms with Gasteiger partial charge in [-0.2, -0.15) is 0 Å². The molecule has 0 aromatic rings. The summed E-state index contributed by atoms with van der Waals surface area (Å²) >= 11 is 0. The van der Waals surface area contributed by atoms with E-state index in [-0.39, 0.29) is 0 Å². The van der Waals surface area contributed by atoms with E-state index in [9.17, 15) is 0 Å². The van der Waals surface area contributed by atoms with Crippen LogP contribution in [0, 0.1) is 5.92 Å². The fourth-order valence-corrected chi connectivity index (χ4v) is 0.568. The number of hydrogen-bond donors (Lipinski definition) is 1. The Labute approximate surface area is 66.2 Å². The van der Waals surface area contributed by atoms with Crippen molar-refractivity contribution in [2.24, 2.45) is 5.92 Å². The zero-order chi connectivity index (χ0) is 8.41. The van der Waals surface area contributed by atoms with E-state index >= 15 is 0 Å². The van der Waals surface area contributed by atoms with Crippen LogP contribution in [0.2, 0.25) is 0 Å². The molecule has 0 aliphatic rings. The minimum absolute atomic E-state index is 0.793. The van der Waals surface area contributed by atoms with E-state index in [2.05, 4.69) is 26.1 Å². The zero-order valence-corrected chi connectivity index (χ0v) is 8.20. The highest BCUT2D eigenvalue weighted by atomic mass is 14.8. The predicted octanol–water partition coefficient (Wildman–Crippen LogP) is 2.67. The van der Waals surface area contributed by atoms with Crippen molar-refractivity contribution in [2.45, 2.75) is 41.0 Å². The first kappa shape index (κ1) is 12.6. The van der Waals surface area contributed by atoms with Gasteiger partial charge in [0.2, 0.25) is 0 Å². The van der Waals surface area contributed by atoms with Gasteiger partial charge in [0.05, 0.1) is 0 Å². The molecule has 0 spiro atoms. The number of rotatable bonds is 4. The average molecular weight is 145 g/mol. The SMILES string of the molecule is CC.CCCNCC(C)C. The van der Waals surface area contributed by atoms with Crippen LogP contribution in [-0.2, 0) is 0 Å². The summed E-state index contributed by atoms with van der Waals surface area (Å²) in [5.74, 6) is 0.793. The molecule has 1 heteroatoms. The lowest BCUT2D eigenvalue weighted by molar-refractivity contribution is 0.550. The summed E-state index contributed by atoms with van der Waals surface area (Å²) in [6, 6.07) is 0. The van der Waals surface area contributed by atoms with Crippen molar-refractivity contribution in [1.29, 1.82) is 0 Å². The second kappa shape index (κ2) is 11.7. The van der Waals surface area contributed by atoms with Crippen molar-refractivity contribution in [3.8, 4) is 0 Å². The summed E-state index contributed by atoms with van der Waals surface area (Å²) < 4.78 is 0. The third-order valence-corrected chi connectivity index (χ3v) is 0.979. The summed E-state index contributed by atoms with van der Waals surface area (Å²) in [5.41, 5.74) is 0. The van der Waals surface area contributed by atoms with Crippen molar-refractivity contribution in [2.75, 3.05) is 13.1 Å². The standard InChI is InChI=1S/C7H17N.C2H6/c1-4-5-8-6-7(2)3;1-2/h7-8H,4-6H2,1-3H3;1-2H3. The van der Waals surface area contributed by atoms with E-state index in [1.807, 2.05) is 13.8 Å². The van der Waals surface area contributed by atoms with Crippen LogP contribution < -0.4 is 5.32 Å². The third-order valence-electron chi connectivity index (χ3n) is 0.979. The van der Waals surface area contributed by atoms with Crippen LogP contribution >= 0.6 is 0 Å². The molecule has 0 aliphatic heterocycles. The first-order valence-electron chi connectivity index (χ1n) is 4.48. The van der Waals surface area contributed by atoms with Crippen molar-refractivity contribution in [3.05, 3.63) is 0 Å². The van der Waals surface area contributed by atoms with Gasteiger partial charge in [-0.15, -0.1) is 0 Å². The maximum absolute atomic E-state index is 3.33. The van der Waals surface area contributed by atoms with E-state index < -0.39 is 0 Å². The van der Waals surface area contributed by atoms with E-state index in [1.165, 1.54) is 6.42 Å². The highest BCUT2D eigenvalue weighted by Crippen LogP contribution is 1.86. The molecule has 10 heavy (non-hydrogen) atoms. The van der Waals surface area contributed by atoms with Crippen LogP contribution in [0.5, 0.6) is 0 Å². The molecule has 0 saturated heterocycles. The van der Waals surface area contributed by atoms with Gasteiger partial charge < -0.3 is 5.32 Å². The van der Waals surface area contributed by atoms with Gasteiger partial charge in [0.15, 0.2) is 0 Å². The van der Waals surface area contributed by atoms with Crippen LogP contribution in [0.4, 0.5) is 0 Å². The van der Waals surface area contributed by atoms with Gasteiger partial charge in [-0.3, -0.25) is 0 Å². The fraction of sp³-hybridized carbons (Fsp3) is 1.00. The minimum atomic E-state index is 0.793. The second-order valence-electron chi connectivity index (χ2n) is 2.60. The monoisotopic (exact) mass is 145 g/mol. The molecule has 0 bridgehead atoms. The van der Waals surface area contributed by atoms with Crippen LogP contribution in [-0.4, -0.2) is 13.1 Å². The van der Waals surface area contributed by atoms with E-state index in [0.29, 0.717) is 0 Å². The van der Waals surface area contributed by atoms with Gasteiger partial charge in [0.25, 0.3) is 0 Å². The topological polar surface area (TPSA) is 12.0 Å². The van der Waals surface area contributed by atoms with E-state index in [0.717, 1.165) is 19.0 Å². The molecular formula is C9H23N. The van der Waals surface area contributed by atoms with Crippen molar-refractivity contribution in [3.63, 3.8) is 0 Å². The maximum Gasteiger partial charge on any atom is -0.00258 e. The number of hydrogen-bond acceptors (Lipinski definition) is 1. The molecule has 0 saturated carbocycles. The number of nitrogens with one attached hydrogen (secondary N) is 1. The first-order chi connectivity index (χ1) is 4.77. The molecule has 0 aromatic carbocycles. The van der Waals surface area contributed by atoms with Crippen LogP contribution in [0.15, 0.2) is 0 Å². The van der Waals surface area contributed by atoms with Gasteiger partial charge in [0.1, 0.15) is 0 Å². The largest absolute Gasteiger partial charge is 0.316 e. The van der Waals surface area contributed by atoms with Crippen LogP contribution in [0.1, 0.15) is 41.0 Å². The molecule has 0 aromatic heterocycles. The smallest absolute Gasteiger partial charge is 0.00258 e. The quantitative estimate of drug-likeness (QED) is 0.600. The zero-order valence-electron chi connectivity index (χ0n) is 8.20. The lowest BCUT2D eigenvalue weighted by Gasteiger charge is -2.03. The summed E-state index contributed by atoms with van der Waals surface area (Å²) in [7, 11) is 0. The normalized spacial score (nSPS) is 9.00. The van der Waals surface area contributed by atoms with Gasteiger partial charge in [0, 0.05) is 0 Å². The molecule has 1 N–H and O–H groups in total. The van der Waals surface area contributed by atoms with Crippen molar-refractivity contribution in [1.82, 2.24) is 5.32 Å². The Hall–Kier alpha value is -0.0400. The lowest BCUT2D eigenvalue weighted by Crippen LogP contribution is -2.19. The summed E-state index contributed by atoms with van der Waals surface area (Å²) in [5, 5.41) is 3.33. The van der Waals surface area contributed by atoms with Crippen LogP contribution in [0.3, 0.4) is 0 Å². The molecule has 0 heterocycles. The predicted molar refractivity (Wildman–Crippen MR) is 49.3 cm³/mol. The maximum atomic E-state index is 3.33. The van der Waals surface area contributed by atoms with Gasteiger partial charge in [-0.05, 0) is 25.4 Å². The molecule has 64 valence electrons. The van der Waals surface area contributed by atoms with Crippen LogP contribution in [0.25, 0.3) is 0 Å². The molecule has 0 rings (SSSR count). The molecule has 0 atom stereocenters. The van der Waals surface area contributed by atoms with E-state index in [4.69, 9.17) is 0 Å². The summed E-state index contributed by atoms with van der Waals surface area (Å²) in [6.45, 7) is 13.0. The fourth-order valence-electron chi connectivity index (χ4n) is 0.568. The molecule has 0 radical (unpaired) electrons. The minimum Gasteiger partial charge on any atom is -0.316 e. The Morgan fingerprint density at radius 2 is 1.70 bits per heavy atom. The molecule has 0 amide bonds. The Morgan fingerprint density at radius 3 is 2.00 bits per heavy atom. The second-order valence-corrected chi connectivity index (χ2v) is 2.60. The first-order valence-corrected chi connectivity index (χ1v) is 4.48. The Kier molecular flexibility index (Phi) is 14.8. The highest BCUT2D eigenvalue weighted by Gasteiger charge is 1.88. The molecule has 0 aliphatic carbocycles. The van der Waals surface area contributed by atoms with Crippen molar-refractivity contribution < 1.29 is 0 Å².